The van der Waals surface area contributed by atoms with Gasteiger partial charge in [-0.1, -0.05) is 45.0 Å². The van der Waals surface area contributed by atoms with Gasteiger partial charge >= 0.3 is 12.1 Å². The SMILES string of the molecule is CCS(=O)(=O)c1cc(-c2ccc(C3CC3(C)C)cc2)cnc1-c1nc2cc(C(F)(F)C(F)(F)F)nnc2n1C. The molecular weight excluding hydrogens is 541 g/mol. The van der Waals surface area contributed by atoms with Gasteiger partial charge in [0.25, 0.3) is 0 Å². The summed E-state index contributed by atoms with van der Waals surface area (Å²) in [6, 6.07) is 9.77. The number of benzene rings is 1. The van der Waals surface area contributed by atoms with Gasteiger partial charge in [0.1, 0.15) is 16.9 Å². The monoisotopic (exact) mass is 565 g/mol. The number of rotatable bonds is 6. The Labute approximate surface area is 221 Å². The number of fused-ring (bicyclic) bond motifs is 1. The minimum absolute atomic E-state index is 0.0725. The Bertz CT molecular complexity index is 1700. The van der Waals surface area contributed by atoms with Gasteiger partial charge in [-0.3, -0.25) is 4.98 Å². The first-order chi connectivity index (χ1) is 18.1. The molecule has 5 rings (SSSR count). The van der Waals surface area contributed by atoms with Crippen LogP contribution in [0.1, 0.15) is 44.4 Å². The van der Waals surface area contributed by atoms with Crippen LogP contribution in [0.4, 0.5) is 22.0 Å². The average molecular weight is 566 g/mol. The molecule has 1 unspecified atom stereocenters. The number of halogens is 5. The summed E-state index contributed by atoms with van der Waals surface area (Å²) < 4.78 is 93.7. The second kappa shape index (κ2) is 8.77. The van der Waals surface area contributed by atoms with Gasteiger partial charge in [-0.2, -0.15) is 22.0 Å². The third-order valence-corrected chi connectivity index (χ3v) is 8.98. The van der Waals surface area contributed by atoms with Crippen molar-refractivity contribution >= 4 is 21.0 Å². The van der Waals surface area contributed by atoms with E-state index in [1.165, 1.54) is 36.4 Å². The van der Waals surface area contributed by atoms with Gasteiger partial charge in [-0.15, -0.1) is 10.2 Å². The van der Waals surface area contributed by atoms with Crippen LogP contribution in [0, 0.1) is 5.41 Å². The Hall–Kier alpha value is -3.48. The zero-order chi connectivity index (χ0) is 28.5. The van der Waals surface area contributed by atoms with Crippen LogP contribution < -0.4 is 0 Å². The predicted molar refractivity (Wildman–Crippen MR) is 134 cm³/mol. The van der Waals surface area contributed by atoms with E-state index in [0.29, 0.717) is 17.5 Å². The molecule has 0 radical (unpaired) electrons. The van der Waals surface area contributed by atoms with Crippen molar-refractivity contribution in [3.63, 3.8) is 0 Å². The Balaban J connectivity index is 1.60. The fraction of sp³-hybridized carbons (Fsp3) is 0.385. The lowest BCUT2D eigenvalue weighted by atomic mass is 10.00. The van der Waals surface area contributed by atoms with Gasteiger partial charge < -0.3 is 4.57 Å². The van der Waals surface area contributed by atoms with Crippen LogP contribution >= 0.6 is 0 Å². The summed E-state index contributed by atoms with van der Waals surface area (Å²) in [6.07, 6.45) is -3.31. The number of aryl methyl sites for hydroxylation is 1. The third kappa shape index (κ3) is 4.56. The van der Waals surface area contributed by atoms with Crippen molar-refractivity contribution in [1.82, 2.24) is 24.7 Å². The molecule has 1 fully saturated rings. The third-order valence-electron chi connectivity index (χ3n) is 7.23. The highest BCUT2D eigenvalue weighted by atomic mass is 32.2. The number of sulfone groups is 1. The van der Waals surface area contributed by atoms with E-state index < -0.39 is 27.6 Å². The van der Waals surface area contributed by atoms with E-state index in [-0.39, 0.29) is 38.7 Å². The van der Waals surface area contributed by atoms with Crippen molar-refractivity contribution in [2.45, 2.75) is 50.1 Å². The van der Waals surface area contributed by atoms with Gasteiger partial charge in [-0.05, 0) is 41.0 Å². The summed E-state index contributed by atoms with van der Waals surface area (Å²) >= 11 is 0. The largest absolute Gasteiger partial charge is 0.459 e. The number of pyridine rings is 1. The standard InChI is InChI=1S/C26H24F5N5O2S/c1-5-39(37,38)19-10-16(14-6-8-15(9-7-14)17-12-24(17,2)3)13-32-21(19)23-33-18-11-20(25(27,28)26(29,30)31)34-35-22(18)36(23)4/h6-11,13,17H,5,12H2,1-4H3. The Morgan fingerprint density at radius 1 is 1.03 bits per heavy atom. The maximum atomic E-state index is 13.8. The topological polar surface area (TPSA) is 90.6 Å². The molecule has 1 aliphatic rings. The molecule has 0 aliphatic heterocycles. The van der Waals surface area contributed by atoms with Crippen LogP contribution in [-0.4, -0.2) is 45.1 Å². The molecule has 1 aromatic carbocycles. The molecule has 39 heavy (non-hydrogen) atoms. The van der Waals surface area contributed by atoms with Crippen molar-refractivity contribution in [3.8, 4) is 22.6 Å². The maximum Gasteiger partial charge on any atom is 0.459 e. The molecule has 0 saturated heterocycles. The summed E-state index contributed by atoms with van der Waals surface area (Å²) in [5, 5.41) is 6.58. The van der Waals surface area contributed by atoms with Crippen LogP contribution in [0.5, 0.6) is 0 Å². The number of hydrogen-bond donors (Lipinski definition) is 0. The van der Waals surface area contributed by atoms with Crippen molar-refractivity contribution in [2.75, 3.05) is 5.75 Å². The minimum atomic E-state index is -5.88. The highest BCUT2D eigenvalue weighted by Crippen LogP contribution is 2.58. The van der Waals surface area contributed by atoms with E-state index in [4.69, 9.17) is 0 Å². The predicted octanol–water partition coefficient (Wildman–Crippen LogP) is 6.05. The molecule has 3 aromatic heterocycles. The van der Waals surface area contributed by atoms with Crippen LogP contribution in [0.15, 0.2) is 47.5 Å². The lowest BCUT2D eigenvalue weighted by Crippen LogP contribution is -2.34. The molecule has 0 spiro atoms. The first-order valence-corrected chi connectivity index (χ1v) is 13.7. The van der Waals surface area contributed by atoms with Crippen molar-refractivity contribution < 1.29 is 30.4 Å². The summed E-state index contributed by atoms with van der Waals surface area (Å²) in [5.74, 6) is -5.10. The normalized spacial score (nSPS) is 17.5. The average Bonchev–Trinajstić information content (AvgIpc) is 3.40. The van der Waals surface area contributed by atoms with E-state index in [1.807, 2.05) is 24.3 Å². The number of imidazole rings is 1. The highest BCUT2D eigenvalue weighted by molar-refractivity contribution is 7.91. The molecule has 0 bridgehead atoms. The van der Waals surface area contributed by atoms with E-state index >= 15 is 0 Å². The van der Waals surface area contributed by atoms with Crippen molar-refractivity contribution in [3.05, 3.63) is 53.9 Å². The van der Waals surface area contributed by atoms with Crippen molar-refractivity contribution in [1.29, 1.82) is 0 Å². The molecule has 206 valence electrons. The second-order valence-electron chi connectivity index (χ2n) is 10.3. The number of hydrogen-bond acceptors (Lipinski definition) is 6. The van der Waals surface area contributed by atoms with Gasteiger partial charge in [0.05, 0.1) is 10.6 Å². The molecule has 13 heteroatoms. The smallest absolute Gasteiger partial charge is 0.309 e. The van der Waals surface area contributed by atoms with Crippen LogP contribution in [0.2, 0.25) is 0 Å². The molecule has 3 heterocycles. The van der Waals surface area contributed by atoms with Gasteiger partial charge in [0, 0.05) is 18.8 Å². The van der Waals surface area contributed by atoms with Gasteiger partial charge in [-0.25, -0.2) is 13.4 Å². The molecular formula is C26H24F5N5O2S. The lowest BCUT2D eigenvalue weighted by molar-refractivity contribution is -0.291. The Kier molecular flexibility index (Phi) is 6.09. The zero-order valence-electron chi connectivity index (χ0n) is 21.4. The molecule has 0 amide bonds. The Morgan fingerprint density at radius 2 is 1.67 bits per heavy atom. The molecule has 1 aliphatic carbocycles. The molecule has 4 aromatic rings. The van der Waals surface area contributed by atoms with E-state index in [1.54, 1.807) is 0 Å². The second-order valence-corrected chi connectivity index (χ2v) is 12.6. The van der Waals surface area contributed by atoms with Crippen LogP contribution in [-0.2, 0) is 22.8 Å². The van der Waals surface area contributed by atoms with Crippen molar-refractivity contribution in [2.24, 2.45) is 12.5 Å². The van der Waals surface area contributed by atoms with E-state index in [2.05, 4.69) is 34.0 Å². The summed E-state index contributed by atoms with van der Waals surface area (Å²) in [7, 11) is -2.45. The fourth-order valence-electron chi connectivity index (χ4n) is 4.60. The number of nitrogens with zero attached hydrogens (tertiary/aromatic N) is 5. The molecule has 0 N–H and O–H groups in total. The Morgan fingerprint density at radius 3 is 2.23 bits per heavy atom. The minimum Gasteiger partial charge on any atom is -0.309 e. The van der Waals surface area contributed by atoms with Gasteiger partial charge in [0.2, 0.25) is 0 Å². The van der Waals surface area contributed by atoms with Crippen LogP contribution in [0.25, 0.3) is 33.8 Å². The molecule has 1 atom stereocenters. The lowest BCUT2D eigenvalue weighted by Gasteiger charge is -2.17. The quantitative estimate of drug-likeness (QED) is 0.264. The van der Waals surface area contributed by atoms with Crippen LogP contribution in [0.3, 0.4) is 0 Å². The van der Waals surface area contributed by atoms with E-state index in [0.717, 1.165) is 12.0 Å². The zero-order valence-corrected chi connectivity index (χ0v) is 22.2. The first kappa shape index (κ1) is 27.1. The summed E-state index contributed by atoms with van der Waals surface area (Å²) in [5.41, 5.74) is 0.618. The highest BCUT2D eigenvalue weighted by Gasteiger charge is 2.60. The number of aromatic nitrogens is 5. The van der Waals surface area contributed by atoms with Gasteiger partial charge in [0.15, 0.2) is 21.3 Å². The number of alkyl halides is 5. The summed E-state index contributed by atoms with van der Waals surface area (Å²) in [4.78, 5) is 8.34. The maximum absolute atomic E-state index is 13.8. The summed E-state index contributed by atoms with van der Waals surface area (Å²) in [6.45, 7) is 5.86. The molecule has 1 saturated carbocycles. The first-order valence-electron chi connectivity index (χ1n) is 12.1. The fourth-order valence-corrected chi connectivity index (χ4v) is 5.66. The molecule has 7 nitrogen and oxygen atoms in total. The van der Waals surface area contributed by atoms with E-state index in [9.17, 15) is 30.4 Å².